The number of carbonyl (C=O) groups excluding carboxylic acids is 1. The summed E-state index contributed by atoms with van der Waals surface area (Å²) in [6.45, 7) is 9.61. The molecular weight excluding hydrogens is 358 g/mol. The Bertz CT molecular complexity index is 534. The van der Waals surface area contributed by atoms with Crippen LogP contribution in [0.2, 0.25) is 0 Å². The van der Waals surface area contributed by atoms with Gasteiger partial charge in [0.2, 0.25) is 5.91 Å². The molecule has 0 spiro atoms. The highest BCUT2D eigenvalue weighted by molar-refractivity contribution is 8.18. The summed E-state index contributed by atoms with van der Waals surface area (Å²) in [6, 6.07) is 6.36. The van der Waals surface area contributed by atoms with Gasteiger partial charge in [0, 0.05) is 17.0 Å². The lowest BCUT2D eigenvalue weighted by molar-refractivity contribution is -0.116. The van der Waals surface area contributed by atoms with E-state index in [1.165, 1.54) is 17.5 Å². The van der Waals surface area contributed by atoms with Crippen LogP contribution in [0.5, 0.6) is 0 Å². The number of hydrogen-bond donors (Lipinski definition) is 0. The third-order valence-corrected chi connectivity index (χ3v) is 7.53. The van der Waals surface area contributed by atoms with E-state index in [-0.39, 0.29) is 11.8 Å². The summed E-state index contributed by atoms with van der Waals surface area (Å²) < 4.78 is 0.408. The Kier molecular flexibility index (Phi) is 7.83. The Morgan fingerprint density at radius 2 is 1.71 bits per heavy atom. The fraction of sp³-hybridized carbons (Fsp3) is 0.632. The van der Waals surface area contributed by atoms with Gasteiger partial charge in [0.25, 0.3) is 0 Å². The molecule has 1 fully saturated rings. The van der Waals surface area contributed by atoms with Crippen molar-refractivity contribution in [3.8, 4) is 0 Å². The van der Waals surface area contributed by atoms with Crippen LogP contribution in [0.4, 0.5) is 5.69 Å². The van der Waals surface area contributed by atoms with Crippen LogP contribution in [0.1, 0.15) is 45.2 Å². The van der Waals surface area contributed by atoms with Crippen LogP contribution in [-0.2, 0) is 17.6 Å². The van der Waals surface area contributed by atoms with Crippen molar-refractivity contribution in [1.29, 1.82) is 0 Å². The summed E-state index contributed by atoms with van der Waals surface area (Å²) in [5, 5.41) is 1.29. The third-order valence-electron chi connectivity index (χ3n) is 4.41. The molecule has 2 unspecified atom stereocenters. The van der Waals surface area contributed by atoms with Crippen LogP contribution in [0.3, 0.4) is 0 Å². The molecule has 2 atom stereocenters. The van der Waals surface area contributed by atoms with Crippen molar-refractivity contribution in [2.45, 2.75) is 62.0 Å². The van der Waals surface area contributed by atoms with Crippen LogP contribution in [-0.4, -0.2) is 33.4 Å². The number of alkyl halides is 1. The Balaban J connectivity index is 2.34. The molecule has 0 aromatic heterocycles. The van der Waals surface area contributed by atoms with Crippen molar-refractivity contribution in [3.05, 3.63) is 29.3 Å². The molecule has 1 amide bonds. The van der Waals surface area contributed by atoms with Crippen molar-refractivity contribution in [2.75, 3.05) is 17.3 Å². The fourth-order valence-corrected chi connectivity index (χ4v) is 7.28. The van der Waals surface area contributed by atoms with Gasteiger partial charge in [0.15, 0.2) is 0 Å². The molecule has 5 heteroatoms. The average Bonchev–Trinajstić information content (AvgIpc) is 2.57. The number of amides is 1. The molecule has 1 aromatic carbocycles. The molecule has 0 bridgehead atoms. The van der Waals surface area contributed by atoms with Crippen molar-refractivity contribution in [2.24, 2.45) is 0 Å². The number of hydrogen-bond acceptors (Lipinski definition) is 3. The van der Waals surface area contributed by atoms with Crippen LogP contribution >= 0.6 is 35.1 Å². The SMILES string of the molecule is CCc1cccc(CC)c1N(CC1SC(C)CC(C)S1)C(=O)CCl. The maximum absolute atomic E-state index is 12.7. The second-order valence-electron chi connectivity index (χ2n) is 6.33. The lowest BCUT2D eigenvalue weighted by Crippen LogP contribution is -2.39. The van der Waals surface area contributed by atoms with E-state index in [4.69, 9.17) is 11.6 Å². The molecule has 1 aliphatic rings. The monoisotopic (exact) mass is 385 g/mol. The molecule has 0 aliphatic carbocycles. The normalized spacial score (nSPS) is 24.0. The first-order valence-corrected chi connectivity index (χ1v) is 11.2. The summed E-state index contributed by atoms with van der Waals surface area (Å²) in [5.74, 6) is 0.0494. The minimum absolute atomic E-state index is 0.0133. The third kappa shape index (κ3) is 4.86. The van der Waals surface area contributed by atoms with Crippen LogP contribution in [0.25, 0.3) is 0 Å². The van der Waals surface area contributed by atoms with Gasteiger partial charge in [0.1, 0.15) is 5.88 Å². The zero-order chi connectivity index (χ0) is 17.7. The van der Waals surface area contributed by atoms with E-state index in [0.29, 0.717) is 15.1 Å². The Labute approximate surface area is 160 Å². The number of rotatable bonds is 6. The number of thioether (sulfide) groups is 2. The maximum Gasteiger partial charge on any atom is 0.241 e. The predicted octanol–water partition coefficient (Wildman–Crippen LogP) is 5.36. The predicted molar refractivity (Wildman–Crippen MR) is 111 cm³/mol. The van der Waals surface area contributed by atoms with E-state index >= 15 is 0 Å². The van der Waals surface area contributed by atoms with Crippen molar-refractivity contribution in [1.82, 2.24) is 0 Å². The molecule has 2 rings (SSSR count). The molecule has 0 radical (unpaired) electrons. The average molecular weight is 386 g/mol. The molecule has 1 aromatic rings. The van der Waals surface area contributed by atoms with Crippen molar-refractivity contribution < 1.29 is 4.79 Å². The number of carbonyl (C=O) groups is 1. The van der Waals surface area contributed by atoms with Crippen molar-refractivity contribution in [3.63, 3.8) is 0 Å². The number of para-hydroxylation sites is 1. The molecular formula is C19H28ClNOS2. The number of nitrogens with zero attached hydrogens (tertiary/aromatic N) is 1. The second-order valence-corrected chi connectivity index (χ2v) is 10.2. The molecule has 134 valence electrons. The largest absolute Gasteiger partial charge is 0.309 e. The van der Waals surface area contributed by atoms with Crippen LogP contribution in [0, 0.1) is 0 Å². The lowest BCUT2D eigenvalue weighted by Gasteiger charge is -2.35. The number of anilines is 1. The number of benzene rings is 1. The van der Waals surface area contributed by atoms with Gasteiger partial charge >= 0.3 is 0 Å². The molecule has 0 N–H and O–H groups in total. The van der Waals surface area contributed by atoms with Gasteiger partial charge in [-0.15, -0.1) is 35.1 Å². The molecule has 2 nitrogen and oxygen atoms in total. The first-order valence-electron chi connectivity index (χ1n) is 8.78. The van der Waals surface area contributed by atoms with E-state index in [1.54, 1.807) is 0 Å². The zero-order valence-corrected chi connectivity index (χ0v) is 17.4. The fourth-order valence-electron chi connectivity index (χ4n) is 3.32. The smallest absolute Gasteiger partial charge is 0.241 e. The summed E-state index contributed by atoms with van der Waals surface area (Å²) in [7, 11) is 0. The lowest BCUT2D eigenvalue weighted by atomic mass is 10.0. The van der Waals surface area contributed by atoms with Crippen molar-refractivity contribution >= 4 is 46.7 Å². The topological polar surface area (TPSA) is 20.3 Å². The first-order chi connectivity index (χ1) is 11.5. The highest BCUT2D eigenvalue weighted by Crippen LogP contribution is 2.41. The van der Waals surface area contributed by atoms with Gasteiger partial charge in [-0.25, -0.2) is 0 Å². The van der Waals surface area contributed by atoms with Crippen LogP contribution in [0.15, 0.2) is 18.2 Å². The first kappa shape index (κ1) is 20.0. The highest BCUT2D eigenvalue weighted by atomic mass is 35.5. The number of aryl methyl sites for hydroxylation is 2. The summed E-state index contributed by atoms with van der Waals surface area (Å²) >= 11 is 9.95. The van der Waals surface area contributed by atoms with Gasteiger partial charge in [0.05, 0.1) is 10.3 Å². The number of halogens is 1. The molecule has 0 saturated carbocycles. The van der Waals surface area contributed by atoms with E-state index in [9.17, 15) is 4.79 Å². The molecule has 1 heterocycles. The van der Waals surface area contributed by atoms with E-state index in [1.807, 2.05) is 28.4 Å². The Morgan fingerprint density at radius 1 is 1.17 bits per heavy atom. The Morgan fingerprint density at radius 3 is 2.17 bits per heavy atom. The van der Waals surface area contributed by atoms with Gasteiger partial charge < -0.3 is 4.90 Å². The van der Waals surface area contributed by atoms with Crippen LogP contribution < -0.4 is 4.90 Å². The minimum atomic E-state index is 0.0133. The van der Waals surface area contributed by atoms with Gasteiger partial charge in [-0.05, 0) is 30.4 Å². The standard InChI is InChI=1S/C19H28ClNOS2/c1-5-15-8-7-9-16(6-2)19(15)21(17(22)11-20)12-18-23-13(3)10-14(4)24-18/h7-9,13-14,18H,5-6,10-12H2,1-4H3. The summed E-state index contributed by atoms with van der Waals surface area (Å²) in [4.78, 5) is 14.6. The minimum Gasteiger partial charge on any atom is -0.309 e. The van der Waals surface area contributed by atoms with Gasteiger partial charge in [-0.1, -0.05) is 45.9 Å². The van der Waals surface area contributed by atoms with E-state index in [0.717, 1.165) is 25.1 Å². The summed E-state index contributed by atoms with van der Waals surface area (Å²) in [5.41, 5.74) is 3.57. The van der Waals surface area contributed by atoms with E-state index in [2.05, 4.69) is 45.9 Å². The molecule has 1 aliphatic heterocycles. The Hall–Kier alpha value is -0.320. The van der Waals surface area contributed by atoms with E-state index < -0.39 is 0 Å². The second kappa shape index (κ2) is 9.40. The maximum atomic E-state index is 12.7. The molecule has 24 heavy (non-hydrogen) atoms. The summed E-state index contributed by atoms with van der Waals surface area (Å²) in [6.07, 6.45) is 3.08. The zero-order valence-electron chi connectivity index (χ0n) is 15.0. The quantitative estimate of drug-likeness (QED) is 0.615. The van der Waals surface area contributed by atoms with Gasteiger partial charge in [-0.3, -0.25) is 4.79 Å². The van der Waals surface area contributed by atoms with Gasteiger partial charge in [-0.2, -0.15) is 0 Å². The highest BCUT2D eigenvalue weighted by Gasteiger charge is 2.30. The molecule has 1 saturated heterocycles.